The molecule has 2 N–H and O–H groups in total. The van der Waals surface area contributed by atoms with Gasteiger partial charge in [0.05, 0.1) is 0 Å². The summed E-state index contributed by atoms with van der Waals surface area (Å²) >= 11 is 0. The lowest BCUT2D eigenvalue weighted by molar-refractivity contribution is 0.108. The molecule has 0 aromatic rings. The number of rotatable bonds is 4. The van der Waals surface area contributed by atoms with Crippen LogP contribution in [0, 0.1) is 5.41 Å². The van der Waals surface area contributed by atoms with E-state index in [2.05, 4.69) is 0 Å². The maximum absolute atomic E-state index is 9.44. The van der Waals surface area contributed by atoms with Gasteiger partial charge in [0.25, 0.3) is 0 Å². The number of aliphatic hydroxyl groups excluding tert-OH is 2. The van der Waals surface area contributed by atoms with E-state index < -0.39 is 0 Å². The van der Waals surface area contributed by atoms with Crippen molar-refractivity contribution in [3.05, 3.63) is 0 Å². The van der Waals surface area contributed by atoms with Crippen LogP contribution in [-0.2, 0) is 0 Å². The van der Waals surface area contributed by atoms with Gasteiger partial charge in [0.2, 0.25) is 0 Å². The van der Waals surface area contributed by atoms with E-state index in [9.17, 15) is 10.2 Å². The van der Waals surface area contributed by atoms with Crippen LogP contribution in [0.2, 0.25) is 0 Å². The average molecular weight is 299 g/mol. The van der Waals surface area contributed by atoms with Gasteiger partial charge in [-0.05, 0) is 31.1 Å². The smallest absolute Gasteiger partial charge is 0.0436 e. The average Bonchev–Trinajstić information content (AvgIpc) is 2.48. The van der Waals surface area contributed by atoms with Crippen molar-refractivity contribution in [3.63, 3.8) is 0 Å². The highest BCUT2D eigenvalue weighted by atomic mass is 16.3. The lowest BCUT2D eigenvalue weighted by Gasteiger charge is -2.33. The van der Waals surface area contributed by atoms with Crippen LogP contribution in [0.15, 0.2) is 0 Å². The molecule has 0 amide bonds. The molecule has 0 spiro atoms. The van der Waals surface area contributed by atoms with Crippen LogP contribution < -0.4 is 0 Å². The zero-order valence-electron chi connectivity index (χ0n) is 14.1. The maximum atomic E-state index is 9.44. The van der Waals surface area contributed by atoms with Crippen LogP contribution in [0.25, 0.3) is 0 Å². The fourth-order valence-corrected chi connectivity index (χ4v) is 3.99. The Labute approximate surface area is 132 Å². The minimum atomic E-state index is 0.212. The molecule has 2 nitrogen and oxygen atoms in total. The second-order valence-electron chi connectivity index (χ2n) is 7.19. The zero-order valence-corrected chi connectivity index (χ0v) is 14.1. The van der Waals surface area contributed by atoms with Gasteiger partial charge in [0, 0.05) is 13.2 Å². The topological polar surface area (TPSA) is 40.5 Å². The summed E-state index contributed by atoms with van der Waals surface area (Å²) in [7, 11) is 0. The van der Waals surface area contributed by atoms with Gasteiger partial charge in [-0.2, -0.15) is 0 Å². The molecular weight excluding hydrogens is 260 g/mol. The van der Waals surface area contributed by atoms with Crippen molar-refractivity contribution in [2.45, 2.75) is 103 Å². The lowest BCUT2D eigenvalue weighted by atomic mass is 9.73. The molecule has 1 aliphatic rings. The molecule has 1 rings (SSSR count). The fraction of sp³-hybridized carbons (Fsp3) is 1.00. The third-order valence-corrected chi connectivity index (χ3v) is 5.45. The Morgan fingerprint density at radius 3 is 1.05 bits per heavy atom. The van der Waals surface area contributed by atoms with Gasteiger partial charge in [-0.25, -0.2) is 0 Å². The first-order valence-corrected chi connectivity index (χ1v) is 9.55. The predicted molar refractivity (Wildman–Crippen MR) is 90.5 cm³/mol. The highest BCUT2D eigenvalue weighted by molar-refractivity contribution is 4.79. The second-order valence-corrected chi connectivity index (χ2v) is 7.19. The molecule has 21 heavy (non-hydrogen) atoms. The van der Waals surface area contributed by atoms with Gasteiger partial charge in [-0.1, -0.05) is 77.0 Å². The summed E-state index contributed by atoms with van der Waals surface area (Å²) in [5.74, 6) is 0. The molecule has 1 aliphatic carbocycles. The number of hydrogen-bond acceptors (Lipinski definition) is 2. The Morgan fingerprint density at radius 1 is 0.476 bits per heavy atom. The van der Waals surface area contributed by atoms with Crippen molar-refractivity contribution in [2.75, 3.05) is 13.2 Å². The fourth-order valence-electron chi connectivity index (χ4n) is 3.99. The van der Waals surface area contributed by atoms with Crippen molar-refractivity contribution in [1.82, 2.24) is 0 Å². The first-order chi connectivity index (χ1) is 10.3. The third-order valence-electron chi connectivity index (χ3n) is 5.45. The molecule has 2 heteroatoms. The first-order valence-electron chi connectivity index (χ1n) is 9.55. The van der Waals surface area contributed by atoms with Crippen LogP contribution in [-0.4, -0.2) is 23.4 Å². The van der Waals surface area contributed by atoms with E-state index in [1.807, 2.05) is 0 Å². The van der Waals surface area contributed by atoms with E-state index in [1.165, 1.54) is 89.9 Å². The molecule has 126 valence electrons. The summed E-state index contributed by atoms with van der Waals surface area (Å²) in [6.45, 7) is 0.556. The standard InChI is InChI=1S/C19H38O2/c20-17-15-19(16-18-21)13-11-9-7-5-3-1-2-4-6-8-10-12-14-19/h20-21H,1-18H2. The molecule has 0 atom stereocenters. The lowest BCUT2D eigenvalue weighted by Crippen LogP contribution is -2.24. The van der Waals surface area contributed by atoms with Crippen LogP contribution >= 0.6 is 0 Å². The molecule has 1 fully saturated rings. The Morgan fingerprint density at radius 2 is 0.762 bits per heavy atom. The van der Waals surface area contributed by atoms with Crippen molar-refractivity contribution in [2.24, 2.45) is 5.41 Å². The molecule has 0 heterocycles. The quantitative estimate of drug-likeness (QED) is 0.747. The number of aliphatic hydroxyl groups is 2. The summed E-state index contributed by atoms with van der Waals surface area (Å²) in [4.78, 5) is 0. The minimum Gasteiger partial charge on any atom is -0.396 e. The molecular formula is C19H38O2. The van der Waals surface area contributed by atoms with E-state index in [0.29, 0.717) is 0 Å². The van der Waals surface area contributed by atoms with Gasteiger partial charge in [0.15, 0.2) is 0 Å². The van der Waals surface area contributed by atoms with Crippen LogP contribution in [0.4, 0.5) is 0 Å². The van der Waals surface area contributed by atoms with Gasteiger partial charge in [0.1, 0.15) is 0 Å². The van der Waals surface area contributed by atoms with E-state index in [0.717, 1.165) is 12.8 Å². The van der Waals surface area contributed by atoms with Crippen molar-refractivity contribution < 1.29 is 10.2 Å². The molecule has 1 saturated carbocycles. The zero-order chi connectivity index (χ0) is 15.2. The third kappa shape index (κ3) is 8.83. The Balaban J connectivity index is 2.48. The summed E-state index contributed by atoms with van der Waals surface area (Å²) in [5, 5.41) is 18.9. The van der Waals surface area contributed by atoms with Gasteiger partial charge < -0.3 is 10.2 Å². The SMILES string of the molecule is OCCC1(CCO)CCCCCCCCCCCCCC1. The summed E-state index contributed by atoms with van der Waals surface area (Å²) in [5.41, 5.74) is 0.212. The molecule has 0 saturated heterocycles. The molecule has 0 bridgehead atoms. The summed E-state index contributed by atoms with van der Waals surface area (Å²) in [6, 6.07) is 0. The maximum Gasteiger partial charge on any atom is 0.0436 e. The van der Waals surface area contributed by atoms with E-state index in [4.69, 9.17) is 0 Å². The predicted octanol–water partition coefficient (Wildman–Crippen LogP) is 5.21. The van der Waals surface area contributed by atoms with Crippen LogP contribution in [0.5, 0.6) is 0 Å². The van der Waals surface area contributed by atoms with Gasteiger partial charge in [-0.15, -0.1) is 0 Å². The highest BCUT2D eigenvalue weighted by Crippen LogP contribution is 2.38. The molecule has 0 radical (unpaired) electrons. The Hall–Kier alpha value is -0.0800. The largest absolute Gasteiger partial charge is 0.396 e. The molecule has 0 aromatic carbocycles. The van der Waals surface area contributed by atoms with Crippen molar-refractivity contribution in [3.8, 4) is 0 Å². The normalized spacial score (nSPS) is 23.1. The van der Waals surface area contributed by atoms with Crippen molar-refractivity contribution >= 4 is 0 Å². The van der Waals surface area contributed by atoms with Gasteiger partial charge >= 0.3 is 0 Å². The van der Waals surface area contributed by atoms with E-state index >= 15 is 0 Å². The van der Waals surface area contributed by atoms with E-state index in [-0.39, 0.29) is 18.6 Å². The Kier molecular flexibility index (Phi) is 11.3. The van der Waals surface area contributed by atoms with Gasteiger partial charge in [-0.3, -0.25) is 0 Å². The summed E-state index contributed by atoms with van der Waals surface area (Å²) in [6.07, 6.45) is 20.6. The first kappa shape index (κ1) is 19.0. The van der Waals surface area contributed by atoms with Crippen LogP contribution in [0.3, 0.4) is 0 Å². The second kappa shape index (κ2) is 12.5. The highest BCUT2D eigenvalue weighted by Gasteiger charge is 2.27. The molecule has 0 aromatic heterocycles. The van der Waals surface area contributed by atoms with Crippen molar-refractivity contribution in [1.29, 1.82) is 0 Å². The number of hydrogen-bond donors (Lipinski definition) is 2. The molecule has 0 aliphatic heterocycles. The Bertz CT molecular complexity index is 204. The van der Waals surface area contributed by atoms with E-state index in [1.54, 1.807) is 0 Å². The van der Waals surface area contributed by atoms with Crippen LogP contribution in [0.1, 0.15) is 103 Å². The summed E-state index contributed by atoms with van der Waals surface area (Å²) < 4.78 is 0. The monoisotopic (exact) mass is 298 g/mol. The minimum absolute atomic E-state index is 0.212. The molecule has 0 unspecified atom stereocenters.